The molecule has 4 atom stereocenters. The first-order valence-electron chi connectivity index (χ1n) is 5.16. The van der Waals surface area contributed by atoms with Gasteiger partial charge in [0.25, 0.3) is 0 Å². The summed E-state index contributed by atoms with van der Waals surface area (Å²) in [4.78, 5) is 0. The molecule has 0 aromatic carbocycles. The van der Waals surface area contributed by atoms with Crippen LogP contribution < -0.4 is 0 Å². The smallest absolute Gasteiger partial charge is 0.111 e. The van der Waals surface area contributed by atoms with Crippen LogP contribution in [0, 0.1) is 0 Å². The predicted molar refractivity (Wildman–Crippen MR) is 56.8 cm³/mol. The number of hydrogen-bond donors (Lipinski definition) is 5. The van der Waals surface area contributed by atoms with Gasteiger partial charge >= 0.3 is 0 Å². The lowest BCUT2D eigenvalue weighted by Crippen LogP contribution is -2.48. The molecule has 0 aromatic rings. The third kappa shape index (κ3) is 5.74. The van der Waals surface area contributed by atoms with Crippen molar-refractivity contribution in [2.24, 2.45) is 0 Å². The van der Waals surface area contributed by atoms with Crippen LogP contribution in [0.1, 0.15) is 20.8 Å². The van der Waals surface area contributed by atoms with Crippen molar-refractivity contribution in [3.8, 4) is 0 Å². The zero-order valence-electron chi connectivity index (χ0n) is 9.87. The van der Waals surface area contributed by atoms with E-state index in [1.54, 1.807) is 20.8 Å². The molecule has 0 amide bonds. The van der Waals surface area contributed by atoms with Crippen LogP contribution in [-0.4, -0.2) is 68.8 Å². The van der Waals surface area contributed by atoms with Gasteiger partial charge in [-0.2, -0.15) is 0 Å². The lowest BCUT2D eigenvalue weighted by molar-refractivity contribution is -0.142. The van der Waals surface area contributed by atoms with Gasteiger partial charge < -0.3 is 30.3 Å². The van der Waals surface area contributed by atoms with Gasteiger partial charge in [-0.1, -0.05) is 0 Å². The number of aliphatic hydroxyl groups is 5. The lowest BCUT2D eigenvalue weighted by Gasteiger charge is -2.28. The third-order valence-electron chi connectivity index (χ3n) is 2.01. The minimum atomic E-state index is -1.61. The molecule has 0 saturated heterocycles. The summed E-state index contributed by atoms with van der Waals surface area (Å²) in [6, 6.07) is 0. The van der Waals surface area contributed by atoms with Gasteiger partial charge in [-0.05, 0) is 20.8 Å². The van der Waals surface area contributed by atoms with Crippen LogP contribution in [0.15, 0.2) is 0 Å². The van der Waals surface area contributed by atoms with Crippen molar-refractivity contribution < 1.29 is 30.3 Å². The number of aliphatic hydroxyl groups excluding tert-OH is 5. The van der Waals surface area contributed by atoms with Crippen LogP contribution in [0.4, 0.5) is 0 Å². The fourth-order valence-electron chi connectivity index (χ4n) is 0.997. The number of hydrogen-bond acceptors (Lipinski definition) is 6. The predicted octanol–water partition coefficient (Wildman–Crippen LogP) is -1.76. The van der Waals surface area contributed by atoms with Crippen molar-refractivity contribution in [3.63, 3.8) is 0 Å². The maximum Gasteiger partial charge on any atom is 0.111 e. The van der Waals surface area contributed by atoms with Gasteiger partial charge in [-0.3, -0.25) is 0 Å². The largest absolute Gasteiger partial charge is 0.394 e. The molecule has 16 heavy (non-hydrogen) atoms. The van der Waals surface area contributed by atoms with Crippen LogP contribution in [-0.2, 0) is 4.74 Å². The Labute approximate surface area is 95.1 Å². The van der Waals surface area contributed by atoms with E-state index >= 15 is 0 Å². The van der Waals surface area contributed by atoms with Crippen molar-refractivity contribution in [2.45, 2.75) is 50.8 Å². The Morgan fingerprint density at radius 2 is 1.38 bits per heavy atom. The summed E-state index contributed by atoms with van der Waals surface area (Å²) in [5.74, 6) is 0. The molecule has 98 valence electrons. The van der Waals surface area contributed by atoms with Crippen molar-refractivity contribution in [1.82, 2.24) is 0 Å². The summed E-state index contributed by atoms with van der Waals surface area (Å²) in [6.45, 7) is 4.49. The summed E-state index contributed by atoms with van der Waals surface area (Å²) < 4.78 is 5.21. The molecule has 6 heteroatoms. The van der Waals surface area contributed by atoms with E-state index in [0.717, 1.165) is 0 Å². The zero-order chi connectivity index (χ0) is 12.9. The second-order valence-corrected chi connectivity index (χ2v) is 4.72. The molecule has 0 radical (unpaired) electrons. The molecule has 0 aliphatic carbocycles. The molecule has 0 unspecified atom stereocenters. The third-order valence-corrected chi connectivity index (χ3v) is 2.01. The monoisotopic (exact) mass is 238 g/mol. The summed E-state index contributed by atoms with van der Waals surface area (Å²) in [5.41, 5.74) is -0.471. The first-order valence-corrected chi connectivity index (χ1v) is 5.16. The molecule has 5 N–H and O–H groups in total. The Bertz CT molecular complexity index is 190. The maximum absolute atomic E-state index is 9.47. The normalized spacial score (nSPS) is 20.2. The highest BCUT2D eigenvalue weighted by molar-refractivity contribution is 4.80. The van der Waals surface area contributed by atoms with Crippen LogP contribution in [0.25, 0.3) is 0 Å². The zero-order valence-corrected chi connectivity index (χ0v) is 9.87. The molecule has 0 spiro atoms. The SMILES string of the molecule is CC(C)(C)OC[C@@H](O)[C@H](O)[C@@H](O)[C@H](O)CO. The van der Waals surface area contributed by atoms with E-state index in [4.69, 9.17) is 14.9 Å². The molecular weight excluding hydrogens is 216 g/mol. The van der Waals surface area contributed by atoms with Gasteiger partial charge in [0.05, 0.1) is 18.8 Å². The van der Waals surface area contributed by atoms with Gasteiger partial charge in [-0.25, -0.2) is 0 Å². The molecule has 0 saturated carbocycles. The standard InChI is InChI=1S/C10H22O6/c1-10(2,3)16-5-7(13)9(15)8(14)6(12)4-11/h6-9,11-15H,4-5H2,1-3H3/t6-,7-,8+,9+/m1/s1. The van der Waals surface area contributed by atoms with Gasteiger partial charge in [0.2, 0.25) is 0 Å². The van der Waals surface area contributed by atoms with E-state index in [1.165, 1.54) is 0 Å². The number of rotatable bonds is 6. The molecule has 0 aliphatic heterocycles. The summed E-state index contributed by atoms with van der Waals surface area (Å²) in [5, 5.41) is 45.8. The van der Waals surface area contributed by atoms with E-state index in [1.807, 2.05) is 0 Å². The molecule has 0 heterocycles. The Balaban J connectivity index is 4.12. The Morgan fingerprint density at radius 1 is 0.938 bits per heavy atom. The highest BCUT2D eigenvalue weighted by Crippen LogP contribution is 2.11. The average molecular weight is 238 g/mol. The quantitative estimate of drug-likeness (QED) is 0.375. The van der Waals surface area contributed by atoms with E-state index in [2.05, 4.69) is 0 Å². The topological polar surface area (TPSA) is 110 Å². The Kier molecular flexibility index (Phi) is 6.39. The second kappa shape index (κ2) is 6.48. The first-order chi connectivity index (χ1) is 7.19. The van der Waals surface area contributed by atoms with Crippen LogP contribution in [0.3, 0.4) is 0 Å². The van der Waals surface area contributed by atoms with Gasteiger partial charge in [0.15, 0.2) is 0 Å². The maximum atomic E-state index is 9.47. The number of ether oxygens (including phenoxy) is 1. The highest BCUT2D eigenvalue weighted by atomic mass is 16.5. The van der Waals surface area contributed by atoms with E-state index in [-0.39, 0.29) is 6.61 Å². The summed E-state index contributed by atoms with van der Waals surface area (Å²) in [7, 11) is 0. The average Bonchev–Trinajstić information content (AvgIpc) is 2.21. The minimum absolute atomic E-state index is 0.167. The van der Waals surface area contributed by atoms with Gasteiger partial charge in [0.1, 0.15) is 24.4 Å². The lowest BCUT2D eigenvalue weighted by atomic mass is 10.0. The first kappa shape index (κ1) is 15.8. The Morgan fingerprint density at radius 3 is 1.75 bits per heavy atom. The Hall–Kier alpha value is -0.240. The van der Waals surface area contributed by atoms with Gasteiger partial charge in [0, 0.05) is 0 Å². The molecule has 6 nitrogen and oxygen atoms in total. The fourth-order valence-corrected chi connectivity index (χ4v) is 0.997. The molecule has 0 aliphatic rings. The summed E-state index contributed by atoms with van der Waals surface area (Å²) >= 11 is 0. The molecule has 0 bridgehead atoms. The van der Waals surface area contributed by atoms with Crippen LogP contribution in [0.5, 0.6) is 0 Å². The van der Waals surface area contributed by atoms with Crippen molar-refractivity contribution in [1.29, 1.82) is 0 Å². The molecule has 0 aromatic heterocycles. The van der Waals surface area contributed by atoms with E-state index < -0.39 is 36.6 Å². The second-order valence-electron chi connectivity index (χ2n) is 4.72. The van der Waals surface area contributed by atoms with Crippen molar-refractivity contribution >= 4 is 0 Å². The highest BCUT2D eigenvalue weighted by Gasteiger charge is 2.30. The molecule has 0 rings (SSSR count). The van der Waals surface area contributed by atoms with Crippen molar-refractivity contribution in [2.75, 3.05) is 13.2 Å². The van der Waals surface area contributed by atoms with E-state index in [9.17, 15) is 15.3 Å². The minimum Gasteiger partial charge on any atom is -0.394 e. The van der Waals surface area contributed by atoms with Crippen LogP contribution in [0.2, 0.25) is 0 Å². The van der Waals surface area contributed by atoms with Crippen LogP contribution >= 0.6 is 0 Å². The van der Waals surface area contributed by atoms with E-state index in [0.29, 0.717) is 0 Å². The fraction of sp³-hybridized carbons (Fsp3) is 1.00. The molecular formula is C10H22O6. The molecule has 0 fully saturated rings. The van der Waals surface area contributed by atoms with Gasteiger partial charge in [-0.15, -0.1) is 0 Å². The van der Waals surface area contributed by atoms with Crippen molar-refractivity contribution in [3.05, 3.63) is 0 Å². The summed E-state index contributed by atoms with van der Waals surface area (Å²) in [6.07, 6.45) is -5.98.